The van der Waals surface area contributed by atoms with Crippen molar-refractivity contribution in [3.05, 3.63) is 22.8 Å². The van der Waals surface area contributed by atoms with Crippen molar-refractivity contribution in [2.24, 2.45) is 0 Å². The smallest absolute Gasteiger partial charge is 0.356 e. The quantitative estimate of drug-likeness (QED) is 0.765. The first-order valence-corrected chi connectivity index (χ1v) is 5.91. The second kappa shape index (κ2) is 5.33. The minimum atomic E-state index is -1.11. The van der Waals surface area contributed by atoms with E-state index in [0.717, 1.165) is 25.9 Å². The predicted octanol–water partition coefficient (Wildman–Crippen LogP) is 1.60. The van der Waals surface area contributed by atoms with Gasteiger partial charge in [-0.15, -0.1) is 0 Å². The number of aromatic nitrogens is 1. The lowest BCUT2D eigenvalue weighted by atomic mass is 10.1. The number of pyridine rings is 1. The van der Waals surface area contributed by atoms with Crippen molar-refractivity contribution >= 4 is 23.4 Å². The molecule has 1 aromatic heterocycles. The molecule has 1 aromatic rings. The standard InChI is InChI=1S/C11H14ClN3O2/c12-8-1-2-9(15-10(8)11(16)17)14-7-3-5-13-6-4-7/h1-2,7,13H,3-6H2,(H,14,15)(H,16,17). The normalized spacial score (nSPS) is 16.8. The minimum absolute atomic E-state index is 0.106. The molecule has 0 radical (unpaired) electrons. The number of piperidine rings is 1. The number of carboxylic acids is 1. The summed E-state index contributed by atoms with van der Waals surface area (Å²) in [7, 11) is 0. The number of carbonyl (C=O) groups is 1. The second-order valence-electron chi connectivity index (χ2n) is 4.00. The maximum Gasteiger partial charge on any atom is 0.356 e. The van der Waals surface area contributed by atoms with Crippen molar-refractivity contribution in [2.45, 2.75) is 18.9 Å². The molecule has 1 saturated heterocycles. The number of nitrogens with one attached hydrogen (secondary N) is 2. The van der Waals surface area contributed by atoms with Gasteiger partial charge in [-0.05, 0) is 38.1 Å². The van der Waals surface area contributed by atoms with Crippen molar-refractivity contribution < 1.29 is 9.90 Å². The number of rotatable bonds is 3. The zero-order chi connectivity index (χ0) is 12.3. The van der Waals surface area contributed by atoms with E-state index in [0.29, 0.717) is 11.9 Å². The van der Waals surface area contributed by atoms with Crippen LogP contribution < -0.4 is 10.6 Å². The van der Waals surface area contributed by atoms with Crippen molar-refractivity contribution in [3.8, 4) is 0 Å². The van der Waals surface area contributed by atoms with Crippen LogP contribution >= 0.6 is 11.6 Å². The van der Waals surface area contributed by atoms with Gasteiger partial charge in [0.1, 0.15) is 5.82 Å². The Morgan fingerprint density at radius 3 is 2.82 bits per heavy atom. The summed E-state index contributed by atoms with van der Waals surface area (Å²) in [5.41, 5.74) is -0.106. The number of hydrogen-bond acceptors (Lipinski definition) is 4. The molecular weight excluding hydrogens is 242 g/mol. The number of anilines is 1. The summed E-state index contributed by atoms with van der Waals surface area (Å²) in [6.07, 6.45) is 2.01. The van der Waals surface area contributed by atoms with E-state index in [1.165, 1.54) is 0 Å². The molecule has 2 heterocycles. The Morgan fingerprint density at radius 1 is 1.47 bits per heavy atom. The lowest BCUT2D eigenvalue weighted by molar-refractivity contribution is 0.0691. The third kappa shape index (κ3) is 3.08. The van der Waals surface area contributed by atoms with Gasteiger partial charge in [0.2, 0.25) is 0 Å². The van der Waals surface area contributed by atoms with Crippen LogP contribution in [0, 0.1) is 0 Å². The molecule has 0 aromatic carbocycles. The summed E-state index contributed by atoms with van der Waals surface area (Å²) in [5, 5.41) is 15.6. The molecule has 1 fully saturated rings. The van der Waals surface area contributed by atoms with Gasteiger partial charge < -0.3 is 15.7 Å². The number of hydrogen-bond donors (Lipinski definition) is 3. The Kier molecular flexibility index (Phi) is 3.81. The van der Waals surface area contributed by atoms with Gasteiger partial charge in [-0.2, -0.15) is 0 Å². The van der Waals surface area contributed by atoms with Gasteiger partial charge in [0.05, 0.1) is 5.02 Å². The highest BCUT2D eigenvalue weighted by molar-refractivity contribution is 6.33. The molecule has 0 aliphatic carbocycles. The summed E-state index contributed by atoms with van der Waals surface area (Å²) >= 11 is 5.75. The highest BCUT2D eigenvalue weighted by Crippen LogP contribution is 2.18. The van der Waals surface area contributed by atoms with E-state index in [1.54, 1.807) is 12.1 Å². The maximum atomic E-state index is 10.9. The molecule has 17 heavy (non-hydrogen) atoms. The van der Waals surface area contributed by atoms with Crippen molar-refractivity contribution in [1.82, 2.24) is 10.3 Å². The van der Waals surface area contributed by atoms with Gasteiger partial charge >= 0.3 is 5.97 Å². The highest BCUT2D eigenvalue weighted by atomic mass is 35.5. The van der Waals surface area contributed by atoms with Crippen LogP contribution in [0.2, 0.25) is 5.02 Å². The SMILES string of the molecule is O=C(O)c1nc(NC2CCNCC2)ccc1Cl. The average Bonchev–Trinajstić information content (AvgIpc) is 2.32. The molecule has 1 aliphatic rings. The van der Waals surface area contributed by atoms with Crippen LogP contribution in [0.3, 0.4) is 0 Å². The van der Waals surface area contributed by atoms with Crippen LogP contribution in [0.25, 0.3) is 0 Å². The van der Waals surface area contributed by atoms with E-state index in [9.17, 15) is 4.79 Å². The third-order valence-corrected chi connectivity index (χ3v) is 3.04. The summed E-state index contributed by atoms with van der Waals surface area (Å²) in [6, 6.07) is 3.60. The van der Waals surface area contributed by atoms with Crippen molar-refractivity contribution in [2.75, 3.05) is 18.4 Å². The topological polar surface area (TPSA) is 74.2 Å². The molecule has 92 valence electrons. The van der Waals surface area contributed by atoms with Gasteiger partial charge in [-0.3, -0.25) is 0 Å². The fourth-order valence-electron chi connectivity index (χ4n) is 1.85. The number of aromatic carboxylic acids is 1. The Labute approximate surface area is 104 Å². The van der Waals surface area contributed by atoms with Crippen LogP contribution in [0.5, 0.6) is 0 Å². The van der Waals surface area contributed by atoms with Crippen LogP contribution in [-0.4, -0.2) is 35.2 Å². The number of halogens is 1. The Hall–Kier alpha value is -1.33. The lowest BCUT2D eigenvalue weighted by Crippen LogP contribution is -2.35. The Morgan fingerprint density at radius 2 is 2.18 bits per heavy atom. The fraction of sp³-hybridized carbons (Fsp3) is 0.455. The molecule has 2 rings (SSSR count). The molecule has 6 heteroatoms. The predicted molar refractivity (Wildman–Crippen MR) is 65.7 cm³/mol. The zero-order valence-corrected chi connectivity index (χ0v) is 10.00. The largest absolute Gasteiger partial charge is 0.476 e. The van der Waals surface area contributed by atoms with Gasteiger partial charge in [0.15, 0.2) is 5.69 Å². The number of carboxylic acid groups (broad SMARTS) is 1. The summed E-state index contributed by atoms with van der Waals surface area (Å²) in [6.45, 7) is 1.94. The van der Waals surface area contributed by atoms with E-state index in [-0.39, 0.29) is 10.7 Å². The van der Waals surface area contributed by atoms with Crippen molar-refractivity contribution in [3.63, 3.8) is 0 Å². The number of nitrogens with zero attached hydrogens (tertiary/aromatic N) is 1. The van der Waals surface area contributed by atoms with E-state index in [2.05, 4.69) is 15.6 Å². The van der Waals surface area contributed by atoms with E-state index in [1.807, 2.05) is 0 Å². The second-order valence-corrected chi connectivity index (χ2v) is 4.41. The Balaban J connectivity index is 2.10. The summed E-state index contributed by atoms with van der Waals surface area (Å²) < 4.78 is 0. The van der Waals surface area contributed by atoms with Gasteiger partial charge in [0, 0.05) is 6.04 Å². The lowest BCUT2D eigenvalue weighted by Gasteiger charge is -2.24. The summed E-state index contributed by atoms with van der Waals surface area (Å²) in [5.74, 6) is -0.539. The molecule has 0 bridgehead atoms. The third-order valence-electron chi connectivity index (χ3n) is 2.74. The van der Waals surface area contributed by atoms with Gasteiger partial charge in [-0.25, -0.2) is 9.78 Å². The maximum absolute atomic E-state index is 10.9. The van der Waals surface area contributed by atoms with Crippen LogP contribution in [0.1, 0.15) is 23.3 Å². The van der Waals surface area contributed by atoms with Crippen LogP contribution in [0.4, 0.5) is 5.82 Å². The van der Waals surface area contributed by atoms with E-state index in [4.69, 9.17) is 16.7 Å². The van der Waals surface area contributed by atoms with Gasteiger partial charge in [-0.1, -0.05) is 11.6 Å². The molecule has 0 atom stereocenters. The summed E-state index contributed by atoms with van der Waals surface area (Å²) in [4.78, 5) is 14.9. The molecule has 0 unspecified atom stereocenters. The molecule has 5 nitrogen and oxygen atoms in total. The van der Waals surface area contributed by atoms with E-state index >= 15 is 0 Å². The molecule has 0 spiro atoms. The van der Waals surface area contributed by atoms with Gasteiger partial charge in [0.25, 0.3) is 0 Å². The molecule has 0 amide bonds. The average molecular weight is 256 g/mol. The highest BCUT2D eigenvalue weighted by Gasteiger charge is 2.15. The molecule has 0 saturated carbocycles. The zero-order valence-electron chi connectivity index (χ0n) is 9.24. The monoisotopic (exact) mass is 255 g/mol. The first-order chi connectivity index (χ1) is 8.16. The van der Waals surface area contributed by atoms with Crippen LogP contribution in [-0.2, 0) is 0 Å². The van der Waals surface area contributed by atoms with E-state index < -0.39 is 5.97 Å². The Bertz CT molecular complexity index is 419. The minimum Gasteiger partial charge on any atom is -0.476 e. The van der Waals surface area contributed by atoms with Crippen molar-refractivity contribution in [1.29, 1.82) is 0 Å². The molecule has 1 aliphatic heterocycles. The van der Waals surface area contributed by atoms with Crippen LogP contribution in [0.15, 0.2) is 12.1 Å². The first-order valence-electron chi connectivity index (χ1n) is 5.54. The molecular formula is C11H14ClN3O2. The molecule has 3 N–H and O–H groups in total. The first kappa shape index (κ1) is 12.1. The fourth-order valence-corrected chi connectivity index (χ4v) is 2.03.